The highest BCUT2D eigenvalue weighted by atomic mass is 19.4. The van der Waals surface area contributed by atoms with Crippen LogP contribution in [0.5, 0.6) is 0 Å². The van der Waals surface area contributed by atoms with Gasteiger partial charge in [0.1, 0.15) is 0 Å². The molecule has 0 bridgehead atoms. The molecule has 0 radical (unpaired) electrons. The molecule has 2 saturated carbocycles. The monoisotopic (exact) mass is 265 g/mol. The lowest BCUT2D eigenvalue weighted by molar-refractivity contribution is -0.183. The van der Waals surface area contributed by atoms with Gasteiger partial charge in [-0.1, -0.05) is 0 Å². The van der Waals surface area contributed by atoms with E-state index < -0.39 is 12.1 Å². The van der Waals surface area contributed by atoms with E-state index in [1.54, 1.807) is 0 Å². The van der Waals surface area contributed by atoms with E-state index in [9.17, 15) is 13.2 Å². The Bertz CT molecular complexity index is 255. The van der Waals surface area contributed by atoms with Crippen molar-refractivity contribution in [1.82, 2.24) is 5.32 Å². The number of alkyl halides is 3. The van der Waals surface area contributed by atoms with Gasteiger partial charge in [0.25, 0.3) is 0 Å². The fourth-order valence-corrected chi connectivity index (χ4v) is 2.99. The van der Waals surface area contributed by atoms with Crippen LogP contribution >= 0.6 is 0 Å². The molecule has 2 rings (SSSR count). The van der Waals surface area contributed by atoms with Crippen LogP contribution in [0.25, 0.3) is 0 Å². The SMILES string of the molecule is CCOC1CC(NC2CCC(C(F)(F)F)CC2)C1. The third-order valence-electron chi connectivity index (χ3n) is 4.16. The molecule has 1 N–H and O–H groups in total. The molecule has 2 fully saturated rings. The first-order valence-corrected chi connectivity index (χ1v) is 6.93. The van der Waals surface area contributed by atoms with Crippen molar-refractivity contribution < 1.29 is 17.9 Å². The standard InChI is InChI=1S/C13H22F3NO/c1-2-18-12-7-11(8-12)17-10-5-3-9(4-6-10)13(14,15)16/h9-12,17H,2-8H2,1H3. The Balaban J connectivity index is 1.63. The second-order valence-corrected chi connectivity index (χ2v) is 5.50. The van der Waals surface area contributed by atoms with Crippen molar-refractivity contribution in [2.75, 3.05) is 6.61 Å². The number of nitrogens with one attached hydrogen (secondary N) is 1. The maximum Gasteiger partial charge on any atom is 0.391 e. The number of rotatable bonds is 4. The van der Waals surface area contributed by atoms with Gasteiger partial charge in [-0.25, -0.2) is 0 Å². The fraction of sp³-hybridized carbons (Fsp3) is 1.00. The summed E-state index contributed by atoms with van der Waals surface area (Å²) >= 11 is 0. The van der Waals surface area contributed by atoms with E-state index in [4.69, 9.17) is 4.74 Å². The molecular weight excluding hydrogens is 243 g/mol. The lowest BCUT2D eigenvalue weighted by Crippen LogP contribution is -2.50. The highest BCUT2D eigenvalue weighted by molar-refractivity contribution is 4.90. The van der Waals surface area contributed by atoms with Gasteiger partial charge in [-0.15, -0.1) is 0 Å². The molecule has 18 heavy (non-hydrogen) atoms. The predicted octanol–water partition coefficient (Wildman–Crippen LogP) is 3.26. The van der Waals surface area contributed by atoms with E-state index in [1.807, 2.05) is 6.92 Å². The molecule has 0 unspecified atom stereocenters. The van der Waals surface area contributed by atoms with Gasteiger partial charge in [-0.2, -0.15) is 13.2 Å². The quantitative estimate of drug-likeness (QED) is 0.842. The minimum absolute atomic E-state index is 0.274. The van der Waals surface area contributed by atoms with Gasteiger partial charge in [-0.05, 0) is 45.4 Å². The van der Waals surface area contributed by atoms with E-state index in [-0.39, 0.29) is 18.9 Å². The predicted molar refractivity (Wildman–Crippen MR) is 63.4 cm³/mol. The van der Waals surface area contributed by atoms with Gasteiger partial charge in [0, 0.05) is 18.7 Å². The Morgan fingerprint density at radius 1 is 1.06 bits per heavy atom. The summed E-state index contributed by atoms with van der Waals surface area (Å²) in [6.07, 6.45) is 0.242. The second kappa shape index (κ2) is 5.78. The molecule has 0 heterocycles. The maximum atomic E-state index is 12.5. The molecule has 0 atom stereocenters. The van der Waals surface area contributed by atoms with Crippen molar-refractivity contribution in [1.29, 1.82) is 0 Å². The molecule has 0 aromatic carbocycles. The van der Waals surface area contributed by atoms with Crippen molar-refractivity contribution in [3.05, 3.63) is 0 Å². The summed E-state index contributed by atoms with van der Waals surface area (Å²) in [5, 5.41) is 3.47. The zero-order valence-corrected chi connectivity index (χ0v) is 10.8. The molecule has 0 saturated heterocycles. The van der Waals surface area contributed by atoms with E-state index in [0.717, 1.165) is 19.4 Å². The van der Waals surface area contributed by atoms with Crippen LogP contribution in [0.15, 0.2) is 0 Å². The zero-order chi connectivity index (χ0) is 13.2. The van der Waals surface area contributed by atoms with Gasteiger partial charge in [0.2, 0.25) is 0 Å². The van der Waals surface area contributed by atoms with Crippen molar-refractivity contribution >= 4 is 0 Å². The normalized spacial score (nSPS) is 37.3. The molecule has 106 valence electrons. The average Bonchev–Trinajstić information content (AvgIpc) is 2.26. The van der Waals surface area contributed by atoms with Crippen LogP contribution in [0.3, 0.4) is 0 Å². The van der Waals surface area contributed by atoms with Crippen LogP contribution in [-0.2, 0) is 4.74 Å². The molecule has 0 aromatic heterocycles. The summed E-state index contributed by atoms with van der Waals surface area (Å²) in [5.41, 5.74) is 0. The molecule has 0 amide bonds. The van der Waals surface area contributed by atoms with Gasteiger partial charge in [-0.3, -0.25) is 0 Å². The van der Waals surface area contributed by atoms with Gasteiger partial charge in [0.15, 0.2) is 0 Å². The first kappa shape index (κ1) is 14.1. The van der Waals surface area contributed by atoms with Crippen LogP contribution in [0.4, 0.5) is 13.2 Å². The van der Waals surface area contributed by atoms with Crippen molar-refractivity contribution in [3.8, 4) is 0 Å². The minimum Gasteiger partial charge on any atom is -0.378 e. The summed E-state index contributed by atoms with van der Waals surface area (Å²) < 4.78 is 43.0. The van der Waals surface area contributed by atoms with Crippen LogP contribution in [0, 0.1) is 5.92 Å². The lowest BCUT2D eigenvalue weighted by atomic mass is 9.83. The molecule has 2 aliphatic carbocycles. The van der Waals surface area contributed by atoms with Crippen molar-refractivity contribution in [3.63, 3.8) is 0 Å². The molecule has 2 nitrogen and oxygen atoms in total. The van der Waals surface area contributed by atoms with Crippen molar-refractivity contribution in [2.45, 2.75) is 69.8 Å². The topological polar surface area (TPSA) is 21.3 Å². The van der Waals surface area contributed by atoms with Crippen LogP contribution in [-0.4, -0.2) is 31.0 Å². The average molecular weight is 265 g/mol. The molecule has 2 aliphatic rings. The smallest absolute Gasteiger partial charge is 0.378 e. The summed E-state index contributed by atoms with van der Waals surface area (Å²) in [6, 6.07) is 0.727. The van der Waals surface area contributed by atoms with E-state index in [0.29, 0.717) is 25.0 Å². The third-order valence-corrected chi connectivity index (χ3v) is 4.16. The Morgan fingerprint density at radius 3 is 2.17 bits per heavy atom. The Labute approximate surface area is 106 Å². The van der Waals surface area contributed by atoms with E-state index >= 15 is 0 Å². The largest absolute Gasteiger partial charge is 0.391 e. The first-order chi connectivity index (χ1) is 8.49. The van der Waals surface area contributed by atoms with Gasteiger partial charge >= 0.3 is 6.18 Å². The zero-order valence-electron chi connectivity index (χ0n) is 10.8. The molecule has 0 spiro atoms. The number of halogens is 3. The molecule has 0 aliphatic heterocycles. The summed E-state index contributed by atoms with van der Waals surface area (Å²) in [5.74, 6) is -1.08. The molecule has 5 heteroatoms. The second-order valence-electron chi connectivity index (χ2n) is 5.50. The van der Waals surface area contributed by atoms with Gasteiger partial charge in [0.05, 0.1) is 12.0 Å². The minimum atomic E-state index is -4.00. The number of hydrogen-bond acceptors (Lipinski definition) is 2. The molecular formula is C13H22F3NO. The lowest BCUT2D eigenvalue weighted by Gasteiger charge is -2.40. The highest BCUT2D eigenvalue weighted by Crippen LogP contribution is 2.38. The summed E-state index contributed by atoms with van der Waals surface area (Å²) in [4.78, 5) is 0. The summed E-state index contributed by atoms with van der Waals surface area (Å²) in [6.45, 7) is 2.73. The Morgan fingerprint density at radius 2 is 1.67 bits per heavy atom. The fourth-order valence-electron chi connectivity index (χ4n) is 2.99. The van der Waals surface area contributed by atoms with Crippen LogP contribution < -0.4 is 5.32 Å². The van der Waals surface area contributed by atoms with Gasteiger partial charge < -0.3 is 10.1 Å². The van der Waals surface area contributed by atoms with E-state index in [1.165, 1.54) is 0 Å². The number of ether oxygens (including phenoxy) is 1. The van der Waals surface area contributed by atoms with Crippen LogP contribution in [0.1, 0.15) is 45.4 Å². The number of hydrogen-bond donors (Lipinski definition) is 1. The first-order valence-electron chi connectivity index (χ1n) is 6.93. The van der Waals surface area contributed by atoms with Crippen LogP contribution in [0.2, 0.25) is 0 Å². The maximum absolute atomic E-state index is 12.5. The third kappa shape index (κ3) is 3.60. The molecule has 0 aromatic rings. The highest BCUT2D eigenvalue weighted by Gasteiger charge is 2.42. The van der Waals surface area contributed by atoms with Crippen molar-refractivity contribution in [2.24, 2.45) is 5.92 Å². The summed E-state index contributed by atoms with van der Waals surface area (Å²) in [7, 11) is 0. The Kier molecular flexibility index (Phi) is 4.54. The van der Waals surface area contributed by atoms with E-state index in [2.05, 4.69) is 5.32 Å². The Hall–Kier alpha value is -0.290.